The lowest BCUT2D eigenvalue weighted by molar-refractivity contribution is -0.136. The predicted octanol–water partition coefficient (Wildman–Crippen LogP) is 4.16. The highest BCUT2D eigenvalue weighted by Crippen LogP contribution is 2.28. The van der Waals surface area contributed by atoms with Crippen molar-refractivity contribution in [3.63, 3.8) is 0 Å². The molecule has 1 saturated heterocycles. The van der Waals surface area contributed by atoms with Gasteiger partial charge in [-0.1, -0.05) is 48.5 Å². The van der Waals surface area contributed by atoms with E-state index in [1.165, 1.54) is 16.3 Å². The van der Waals surface area contributed by atoms with Crippen LogP contribution in [0, 0.1) is 0 Å². The molecule has 3 aromatic rings. The number of hydrogen-bond acceptors (Lipinski definition) is 4. The number of nitrogens with zero attached hydrogens (tertiary/aromatic N) is 1. The third-order valence-electron chi connectivity index (χ3n) is 6.50. The van der Waals surface area contributed by atoms with Gasteiger partial charge in [0.25, 0.3) is 0 Å². The maximum atomic E-state index is 11.4. The topological polar surface area (TPSA) is 64.6 Å². The number of benzene rings is 3. The van der Waals surface area contributed by atoms with Crippen LogP contribution in [0.5, 0.6) is 0 Å². The summed E-state index contributed by atoms with van der Waals surface area (Å²) in [4.78, 5) is 13.8. The molecule has 4 rings (SSSR count). The van der Waals surface area contributed by atoms with Gasteiger partial charge in [0.2, 0.25) is 0 Å². The van der Waals surface area contributed by atoms with Crippen LogP contribution in [0.3, 0.4) is 0 Å². The molecule has 3 N–H and O–H groups in total. The van der Waals surface area contributed by atoms with Crippen LogP contribution in [-0.4, -0.2) is 43.8 Å². The van der Waals surface area contributed by atoms with Crippen LogP contribution in [0.25, 0.3) is 10.8 Å². The third-order valence-corrected chi connectivity index (χ3v) is 6.50. The first-order valence-electron chi connectivity index (χ1n) is 11.5. The minimum absolute atomic E-state index is 0.0700. The van der Waals surface area contributed by atoms with E-state index < -0.39 is 5.97 Å². The van der Waals surface area contributed by atoms with E-state index in [1.807, 2.05) is 7.05 Å². The number of fused-ring (bicyclic) bond motifs is 1. The Morgan fingerprint density at radius 2 is 1.94 bits per heavy atom. The highest BCUT2D eigenvalue weighted by atomic mass is 16.4. The second kappa shape index (κ2) is 10.2. The maximum Gasteiger partial charge on any atom is 0.307 e. The van der Waals surface area contributed by atoms with Gasteiger partial charge >= 0.3 is 5.97 Å². The molecule has 1 heterocycles. The van der Waals surface area contributed by atoms with Crippen LogP contribution < -0.4 is 15.5 Å². The molecule has 32 heavy (non-hydrogen) atoms. The fraction of sp³-hybridized carbons (Fsp3) is 0.370. The average molecular weight is 432 g/mol. The Kier molecular flexibility index (Phi) is 7.08. The Labute approximate surface area is 190 Å². The zero-order chi connectivity index (χ0) is 22.5. The first kappa shape index (κ1) is 22.3. The zero-order valence-electron chi connectivity index (χ0n) is 19.0. The molecule has 1 aliphatic rings. The summed E-state index contributed by atoms with van der Waals surface area (Å²) < 4.78 is 0. The van der Waals surface area contributed by atoms with E-state index in [-0.39, 0.29) is 12.5 Å². The van der Waals surface area contributed by atoms with Crippen LogP contribution in [0.1, 0.15) is 36.1 Å². The van der Waals surface area contributed by atoms with Gasteiger partial charge in [-0.15, -0.1) is 0 Å². The van der Waals surface area contributed by atoms with Gasteiger partial charge < -0.3 is 20.6 Å². The van der Waals surface area contributed by atoms with Crippen LogP contribution >= 0.6 is 0 Å². The predicted molar refractivity (Wildman–Crippen MR) is 132 cm³/mol. The van der Waals surface area contributed by atoms with Crippen LogP contribution in [-0.2, 0) is 17.6 Å². The van der Waals surface area contributed by atoms with Crippen LogP contribution in [0.4, 0.5) is 5.69 Å². The number of carboxylic acid groups (broad SMARTS) is 1. The summed E-state index contributed by atoms with van der Waals surface area (Å²) in [6.45, 7) is 4.99. The van der Waals surface area contributed by atoms with Gasteiger partial charge in [0.05, 0.1) is 6.42 Å². The van der Waals surface area contributed by atoms with E-state index in [4.69, 9.17) is 0 Å². The first-order valence-corrected chi connectivity index (χ1v) is 11.5. The van der Waals surface area contributed by atoms with Crippen molar-refractivity contribution in [1.29, 1.82) is 0 Å². The van der Waals surface area contributed by atoms with Crippen molar-refractivity contribution in [2.24, 2.45) is 0 Å². The second-order valence-electron chi connectivity index (χ2n) is 8.77. The van der Waals surface area contributed by atoms with Crippen molar-refractivity contribution in [3.05, 3.63) is 77.4 Å². The fourth-order valence-corrected chi connectivity index (χ4v) is 4.84. The number of likely N-dealkylation sites (N-methyl/N-ethyl adjacent to an activating group) is 1. The second-order valence-corrected chi connectivity index (χ2v) is 8.77. The molecule has 3 aromatic carbocycles. The van der Waals surface area contributed by atoms with Crippen molar-refractivity contribution in [1.82, 2.24) is 10.6 Å². The molecular formula is C27H33N3O2. The standard InChI is InChI=1S/C27H33N3O2/c1-19(25-9-5-7-21-6-3-4-8-26(21)25)29-23-13-15-30(18-23)24-11-10-20(12-14-28-2)22(16-24)17-27(31)32/h3-11,16,19,23,28-29H,12-15,17-18H2,1-2H3,(H,31,32)/t19-,23+/m1/s1. The minimum Gasteiger partial charge on any atom is -0.481 e. The number of hydrogen-bond donors (Lipinski definition) is 3. The molecule has 0 unspecified atom stereocenters. The summed E-state index contributed by atoms with van der Waals surface area (Å²) in [6, 6.07) is 22.1. The van der Waals surface area contributed by atoms with Crippen LogP contribution in [0.2, 0.25) is 0 Å². The van der Waals surface area contributed by atoms with E-state index in [1.54, 1.807) is 0 Å². The average Bonchev–Trinajstić information content (AvgIpc) is 3.26. The van der Waals surface area contributed by atoms with E-state index in [0.29, 0.717) is 6.04 Å². The van der Waals surface area contributed by atoms with Gasteiger partial charge in [0.15, 0.2) is 0 Å². The Morgan fingerprint density at radius 1 is 1.12 bits per heavy atom. The van der Waals surface area contributed by atoms with Crippen LogP contribution in [0.15, 0.2) is 60.7 Å². The van der Waals surface area contributed by atoms with Gasteiger partial charge in [-0.2, -0.15) is 0 Å². The van der Waals surface area contributed by atoms with E-state index in [2.05, 4.69) is 83.1 Å². The molecule has 0 bridgehead atoms. The third kappa shape index (κ3) is 5.12. The molecule has 5 heteroatoms. The molecule has 168 valence electrons. The summed E-state index contributed by atoms with van der Waals surface area (Å²) in [5.74, 6) is -0.780. The lowest BCUT2D eigenvalue weighted by atomic mass is 9.99. The quantitative estimate of drug-likeness (QED) is 0.475. The number of anilines is 1. The van der Waals surface area contributed by atoms with E-state index in [9.17, 15) is 9.90 Å². The lowest BCUT2D eigenvalue weighted by Gasteiger charge is -2.23. The van der Waals surface area contributed by atoms with E-state index >= 15 is 0 Å². The summed E-state index contributed by atoms with van der Waals surface area (Å²) in [5, 5.41) is 18.9. The normalized spacial score (nSPS) is 17.1. The first-order chi connectivity index (χ1) is 15.5. The molecule has 0 radical (unpaired) electrons. The molecule has 0 aliphatic carbocycles. The van der Waals surface area contributed by atoms with E-state index in [0.717, 1.165) is 49.3 Å². The summed E-state index contributed by atoms with van der Waals surface area (Å²) in [7, 11) is 1.92. The maximum absolute atomic E-state index is 11.4. The van der Waals surface area contributed by atoms with Crippen molar-refractivity contribution < 1.29 is 9.90 Å². The SMILES string of the molecule is CNCCc1ccc(N2CC[C@H](N[C@H](C)c3cccc4ccccc34)C2)cc1CC(=O)O. The van der Waals surface area contributed by atoms with Gasteiger partial charge in [-0.25, -0.2) is 0 Å². The lowest BCUT2D eigenvalue weighted by Crippen LogP contribution is -2.34. The number of rotatable bonds is 9. The Hall–Kier alpha value is -2.89. The number of carboxylic acids is 1. The molecular weight excluding hydrogens is 398 g/mol. The molecule has 0 amide bonds. The fourth-order valence-electron chi connectivity index (χ4n) is 4.84. The molecule has 0 spiro atoms. The Bertz CT molecular complexity index is 1080. The number of aliphatic carboxylic acids is 1. The Balaban J connectivity index is 1.45. The molecule has 2 atom stereocenters. The molecule has 5 nitrogen and oxygen atoms in total. The summed E-state index contributed by atoms with van der Waals surface area (Å²) in [6.07, 6.45) is 1.98. The van der Waals surface area contributed by atoms with Gasteiger partial charge in [0.1, 0.15) is 0 Å². The molecule has 1 aliphatic heterocycles. The van der Waals surface area contributed by atoms with Gasteiger partial charge in [0, 0.05) is 30.9 Å². The van der Waals surface area contributed by atoms with Gasteiger partial charge in [-0.3, -0.25) is 4.79 Å². The van der Waals surface area contributed by atoms with Gasteiger partial charge in [-0.05, 0) is 73.0 Å². The monoisotopic (exact) mass is 431 g/mol. The summed E-state index contributed by atoms with van der Waals surface area (Å²) in [5.41, 5.74) is 4.49. The smallest absolute Gasteiger partial charge is 0.307 e. The summed E-state index contributed by atoms with van der Waals surface area (Å²) >= 11 is 0. The molecule has 0 aromatic heterocycles. The molecule has 0 saturated carbocycles. The van der Waals surface area contributed by atoms with Crippen molar-refractivity contribution in [2.75, 3.05) is 31.6 Å². The highest BCUT2D eigenvalue weighted by Gasteiger charge is 2.25. The number of nitrogens with one attached hydrogen (secondary N) is 2. The van der Waals surface area contributed by atoms with Crippen molar-refractivity contribution >= 4 is 22.4 Å². The minimum atomic E-state index is -0.780. The number of carbonyl (C=O) groups is 1. The molecule has 1 fully saturated rings. The highest BCUT2D eigenvalue weighted by molar-refractivity contribution is 5.86. The van der Waals surface area contributed by atoms with Crippen molar-refractivity contribution in [3.8, 4) is 0 Å². The largest absolute Gasteiger partial charge is 0.481 e. The van der Waals surface area contributed by atoms with Crippen molar-refractivity contribution in [2.45, 2.75) is 38.3 Å². The Morgan fingerprint density at radius 3 is 2.75 bits per heavy atom. The zero-order valence-corrected chi connectivity index (χ0v) is 19.0.